The summed E-state index contributed by atoms with van der Waals surface area (Å²) in [5, 5.41) is 2.93. The monoisotopic (exact) mass is 346 g/mol. The molecule has 3 aromatic rings. The predicted molar refractivity (Wildman–Crippen MR) is 97.2 cm³/mol. The second kappa shape index (κ2) is 8.67. The molecule has 2 aromatic carbocycles. The Labute approximate surface area is 146 Å². The summed E-state index contributed by atoms with van der Waals surface area (Å²) in [4.78, 5) is 4.26. The van der Waals surface area contributed by atoms with Crippen molar-refractivity contribution < 1.29 is 4.74 Å². The van der Waals surface area contributed by atoms with Crippen molar-refractivity contribution in [1.29, 1.82) is 0 Å². The van der Waals surface area contributed by atoms with Crippen LogP contribution in [0.25, 0.3) is 0 Å². The molecule has 0 bridgehead atoms. The van der Waals surface area contributed by atoms with Crippen molar-refractivity contribution in [2.24, 2.45) is 5.73 Å². The molecule has 3 nitrogen and oxygen atoms in total. The van der Waals surface area contributed by atoms with E-state index in [-0.39, 0.29) is 18.4 Å². The van der Waals surface area contributed by atoms with Crippen LogP contribution >= 0.6 is 23.7 Å². The number of nitrogens with two attached hydrogens (primary N) is 1. The molecule has 0 aliphatic rings. The van der Waals surface area contributed by atoms with Crippen LogP contribution in [0.4, 0.5) is 0 Å². The Balaban J connectivity index is 0.00000192. The molecular formula is C18H19ClN2OS. The fourth-order valence-corrected chi connectivity index (χ4v) is 2.86. The fourth-order valence-electron chi connectivity index (χ4n) is 2.22. The Bertz CT molecular complexity index is 687. The Kier molecular flexibility index (Phi) is 6.59. The molecule has 0 aliphatic carbocycles. The minimum absolute atomic E-state index is 0. The zero-order valence-corrected chi connectivity index (χ0v) is 14.2. The predicted octanol–water partition coefficient (Wildman–Crippen LogP) is 4.39. The zero-order valence-electron chi connectivity index (χ0n) is 12.6. The van der Waals surface area contributed by atoms with E-state index in [1.807, 2.05) is 35.7 Å². The van der Waals surface area contributed by atoms with Gasteiger partial charge in [0.15, 0.2) is 0 Å². The Morgan fingerprint density at radius 2 is 1.74 bits per heavy atom. The second-order valence-corrected chi connectivity index (χ2v) is 6.03. The lowest BCUT2D eigenvalue weighted by Gasteiger charge is -2.10. The quantitative estimate of drug-likeness (QED) is 0.720. The van der Waals surface area contributed by atoms with Crippen LogP contribution in [0.5, 0.6) is 5.75 Å². The van der Waals surface area contributed by atoms with E-state index in [9.17, 15) is 0 Å². The lowest BCUT2D eigenvalue weighted by molar-refractivity contribution is 0.306. The van der Waals surface area contributed by atoms with Crippen LogP contribution in [-0.4, -0.2) is 4.98 Å². The SMILES string of the molecule is Cl.N[C@@H](Cc1ccc(OCc2ccccc2)cc1)c1nccs1. The van der Waals surface area contributed by atoms with E-state index >= 15 is 0 Å². The van der Waals surface area contributed by atoms with Gasteiger partial charge >= 0.3 is 0 Å². The molecular weight excluding hydrogens is 328 g/mol. The minimum Gasteiger partial charge on any atom is -0.489 e. The summed E-state index contributed by atoms with van der Waals surface area (Å²) in [5.74, 6) is 0.871. The average molecular weight is 347 g/mol. The normalized spacial score (nSPS) is 11.5. The molecule has 0 radical (unpaired) electrons. The molecule has 120 valence electrons. The van der Waals surface area contributed by atoms with E-state index in [2.05, 4.69) is 29.2 Å². The van der Waals surface area contributed by atoms with E-state index < -0.39 is 0 Å². The van der Waals surface area contributed by atoms with E-state index in [1.165, 1.54) is 5.56 Å². The molecule has 1 heterocycles. The molecule has 0 spiro atoms. The van der Waals surface area contributed by atoms with Crippen molar-refractivity contribution in [3.05, 3.63) is 82.3 Å². The van der Waals surface area contributed by atoms with Crippen molar-refractivity contribution >= 4 is 23.7 Å². The summed E-state index contributed by atoms with van der Waals surface area (Å²) in [5.41, 5.74) is 8.51. The molecule has 1 aromatic heterocycles. The lowest BCUT2D eigenvalue weighted by Crippen LogP contribution is -2.12. The molecule has 5 heteroatoms. The van der Waals surface area contributed by atoms with Crippen molar-refractivity contribution in [3.63, 3.8) is 0 Å². The molecule has 0 aliphatic heterocycles. The first kappa shape index (κ1) is 17.5. The van der Waals surface area contributed by atoms with Gasteiger partial charge in [-0.3, -0.25) is 0 Å². The molecule has 23 heavy (non-hydrogen) atoms. The van der Waals surface area contributed by atoms with Gasteiger partial charge in [0.1, 0.15) is 17.4 Å². The average Bonchev–Trinajstić information content (AvgIpc) is 3.10. The Morgan fingerprint density at radius 3 is 2.39 bits per heavy atom. The number of benzene rings is 2. The molecule has 0 amide bonds. The van der Waals surface area contributed by atoms with Crippen molar-refractivity contribution in [2.45, 2.75) is 19.1 Å². The van der Waals surface area contributed by atoms with Gasteiger partial charge in [-0.1, -0.05) is 42.5 Å². The summed E-state index contributed by atoms with van der Waals surface area (Å²) >= 11 is 1.60. The van der Waals surface area contributed by atoms with Crippen molar-refractivity contribution in [3.8, 4) is 5.75 Å². The van der Waals surface area contributed by atoms with Gasteiger partial charge in [-0.2, -0.15) is 0 Å². The van der Waals surface area contributed by atoms with Gasteiger partial charge < -0.3 is 10.5 Å². The van der Waals surface area contributed by atoms with Gasteiger partial charge in [0.25, 0.3) is 0 Å². The number of rotatable bonds is 6. The largest absolute Gasteiger partial charge is 0.489 e. The molecule has 0 saturated carbocycles. The number of halogens is 1. The summed E-state index contributed by atoms with van der Waals surface area (Å²) < 4.78 is 5.78. The van der Waals surface area contributed by atoms with Crippen LogP contribution in [0.2, 0.25) is 0 Å². The lowest BCUT2D eigenvalue weighted by atomic mass is 10.1. The maximum atomic E-state index is 6.16. The van der Waals surface area contributed by atoms with E-state index in [0.29, 0.717) is 6.61 Å². The first-order valence-corrected chi connectivity index (χ1v) is 8.10. The topological polar surface area (TPSA) is 48.1 Å². The number of nitrogens with zero attached hydrogens (tertiary/aromatic N) is 1. The number of ether oxygens (including phenoxy) is 1. The number of aromatic nitrogens is 1. The van der Waals surface area contributed by atoms with Crippen molar-refractivity contribution in [1.82, 2.24) is 4.98 Å². The first-order chi connectivity index (χ1) is 10.8. The molecule has 1 atom stereocenters. The molecule has 2 N–H and O–H groups in total. The standard InChI is InChI=1S/C18H18N2OS.ClH/c19-17(18-20-10-11-22-18)12-14-6-8-16(9-7-14)21-13-15-4-2-1-3-5-15;/h1-11,17H,12-13,19H2;1H/t17-;/m0./s1. The summed E-state index contributed by atoms with van der Waals surface area (Å²) in [6.45, 7) is 0.582. The van der Waals surface area contributed by atoms with Gasteiger partial charge in [-0.25, -0.2) is 4.98 Å². The first-order valence-electron chi connectivity index (χ1n) is 7.22. The summed E-state index contributed by atoms with van der Waals surface area (Å²) in [7, 11) is 0. The third kappa shape index (κ3) is 5.06. The van der Waals surface area contributed by atoms with Crippen LogP contribution in [0.3, 0.4) is 0 Å². The zero-order chi connectivity index (χ0) is 15.2. The third-order valence-corrected chi connectivity index (χ3v) is 4.30. The highest BCUT2D eigenvalue weighted by Gasteiger charge is 2.09. The highest BCUT2D eigenvalue weighted by atomic mass is 35.5. The van der Waals surface area contributed by atoms with Gasteiger partial charge in [0.2, 0.25) is 0 Å². The van der Waals surface area contributed by atoms with Gasteiger partial charge in [-0.05, 0) is 29.7 Å². The molecule has 3 rings (SSSR count). The fraction of sp³-hybridized carbons (Fsp3) is 0.167. The van der Waals surface area contributed by atoms with E-state index in [1.54, 1.807) is 17.5 Å². The Hall–Kier alpha value is -1.88. The smallest absolute Gasteiger partial charge is 0.119 e. The van der Waals surface area contributed by atoms with Crippen LogP contribution in [0.15, 0.2) is 66.2 Å². The van der Waals surface area contributed by atoms with Crippen LogP contribution < -0.4 is 10.5 Å². The maximum absolute atomic E-state index is 6.16. The van der Waals surface area contributed by atoms with E-state index in [0.717, 1.165) is 22.7 Å². The molecule has 0 saturated heterocycles. The Morgan fingerprint density at radius 1 is 1.00 bits per heavy atom. The third-order valence-electron chi connectivity index (χ3n) is 3.40. The number of hydrogen-bond donors (Lipinski definition) is 1. The van der Waals surface area contributed by atoms with Gasteiger partial charge in [0.05, 0.1) is 6.04 Å². The van der Waals surface area contributed by atoms with Crippen LogP contribution in [-0.2, 0) is 13.0 Å². The number of hydrogen-bond acceptors (Lipinski definition) is 4. The van der Waals surface area contributed by atoms with Gasteiger partial charge in [-0.15, -0.1) is 23.7 Å². The van der Waals surface area contributed by atoms with Crippen LogP contribution in [0, 0.1) is 0 Å². The highest BCUT2D eigenvalue weighted by Crippen LogP contribution is 2.20. The van der Waals surface area contributed by atoms with E-state index in [4.69, 9.17) is 10.5 Å². The molecule has 0 fully saturated rings. The second-order valence-electron chi connectivity index (χ2n) is 5.10. The van der Waals surface area contributed by atoms with Crippen molar-refractivity contribution in [2.75, 3.05) is 0 Å². The summed E-state index contributed by atoms with van der Waals surface area (Å²) in [6, 6.07) is 18.2. The van der Waals surface area contributed by atoms with Gasteiger partial charge in [0, 0.05) is 11.6 Å². The molecule has 0 unspecified atom stereocenters. The number of thiazole rings is 1. The minimum atomic E-state index is -0.0453. The summed E-state index contributed by atoms with van der Waals surface area (Å²) in [6.07, 6.45) is 2.58. The van der Waals surface area contributed by atoms with Crippen LogP contribution in [0.1, 0.15) is 22.2 Å². The highest BCUT2D eigenvalue weighted by molar-refractivity contribution is 7.09. The maximum Gasteiger partial charge on any atom is 0.119 e.